The van der Waals surface area contributed by atoms with E-state index in [1.54, 1.807) is 19.2 Å². The van der Waals surface area contributed by atoms with Crippen molar-refractivity contribution in [3.8, 4) is 23.0 Å². The molecule has 1 atom stereocenters. The van der Waals surface area contributed by atoms with E-state index in [1.165, 1.54) is 14.2 Å². The van der Waals surface area contributed by atoms with E-state index in [9.17, 15) is 4.79 Å². The van der Waals surface area contributed by atoms with Crippen LogP contribution in [0, 0.1) is 0 Å². The van der Waals surface area contributed by atoms with Crippen molar-refractivity contribution in [2.75, 3.05) is 21.3 Å². The molecule has 0 fully saturated rings. The van der Waals surface area contributed by atoms with Gasteiger partial charge in [0, 0.05) is 5.56 Å². The van der Waals surface area contributed by atoms with Crippen molar-refractivity contribution >= 4 is 5.91 Å². The van der Waals surface area contributed by atoms with Crippen molar-refractivity contribution in [3.05, 3.63) is 119 Å². The van der Waals surface area contributed by atoms with Gasteiger partial charge < -0.3 is 24.3 Å². The van der Waals surface area contributed by atoms with Gasteiger partial charge in [0.2, 0.25) is 5.75 Å². The molecule has 1 N–H and O–H groups in total. The van der Waals surface area contributed by atoms with E-state index in [1.807, 2.05) is 84.9 Å². The lowest BCUT2D eigenvalue weighted by Gasteiger charge is -2.21. The first-order chi connectivity index (χ1) is 17.6. The van der Waals surface area contributed by atoms with Crippen LogP contribution in [0.2, 0.25) is 0 Å². The molecule has 0 aliphatic rings. The van der Waals surface area contributed by atoms with Gasteiger partial charge in [-0.25, -0.2) is 0 Å². The second-order valence-corrected chi connectivity index (χ2v) is 8.07. The number of benzene rings is 4. The van der Waals surface area contributed by atoms with Gasteiger partial charge in [-0.05, 0) is 41.0 Å². The van der Waals surface area contributed by atoms with Crippen LogP contribution in [0.5, 0.6) is 23.0 Å². The molecule has 36 heavy (non-hydrogen) atoms. The zero-order valence-electron chi connectivity index (χ0n) is 20.6. The predicted molar refractivity (Wildman–Crippen MR) is 139 cm³/mol. The van der Waals surface area contributed by atoms with E-state index in [4.69, 9.17) is 18.9 Å². The van der Waals surface area contributed by atoms with Gasteiger partial charge in [0.05, 0.1) is 27.4 Å². The average Bonchev–Trinajstić information content (AvgIpc) is 2.95. The fraction of sp³-hybridized carbons (Fsp3) is 0.167. The Morgan fingerprint density at radius 3 is 1.83 bits per heavy atom. The number of nitrogens with one attached hydrogen (secondary N) is 1. The molecule has 1 amide bonds. The summed E-state index contributed by atoms with van der Waals surface area (Å²) >= 11 is 0. The van der Waals surface area contributed by atoms with Crippen LogP contribution in [0.25, 0.3) is 0 Å². The number of methoxy groups -OCH3 is 3. The second kappa shape index (κ2) is 11.8. The molecule has 6 heteroatoms. The highest BCUT2D eigenvalue weighted by atomic mass is 16.5. The zero-order valence-corrected chi connectivity index (χ0v) is 20.6. The Kier molecular flexibility index (Phi) is 8.08. The summed E-state index contributed by atoms with van der Waals surface area (Å²) in [5.41, 5.74) is 3.29. The van der Waals surface area contributed by atoms with Crippen LogP contribution in [0.4, 0.5) is 0 Å². The lowest BCUT2D eigenvalue weighted by molar-refractivity contribution is 0.0942. The third kappa shape index (κ3) is 5.78. The molecule has 0 radical (unpaired) electrons. The lowest BCUT2D eigenvalue weighted by Crippen LogP contribution is -2.29. The molecule has 0 saturated carbocycles. The summed E-state index contributed by atoms with van der Waals surface area (Å²) in [6.07, 6.45) is 0. The minimum Gasteiger partial charge on any atom is -0.497 e. The van der Waals surface area contributed by atoms with Crippen LogP contribution in [-0.2, 0) is 6.61 Å². The van der Waals surface area contributed by atoms with Crippen LogP contribution in [0.3, 0.4) is 0 Å². The molecule has 184 valence electrons. The first-order valence-corrected chi connectivity index (χ1v) is 11.6. The summed E-state index contributed by atoms with van der Waals surface area (Å²) < 4.78 is 22.4. The molecule has 6 nitrogen and oxygen atoms in total. The number of rotatable bonds is 10. The summed E-state index contributed by atoms with van der Waals surface area (Å²) in [4.78, 5) is 13.5. The first kappa shape index (κ1) is 24.7. The van der Waals surface area contributed by atoms with E-state index in [2.05, 4.69) is 5.32 Å². The van der Waals surface area contributed by atoms with Gasteiger partial charge >= 0.3 is 0 Å². The largest absolute Gasteiger partial charge is 0.497 e. The molecule has 4 aromatic carbocycles. The Morgan fingerprint density at radius 2 is 1.28 bits per heavy atom. The van der Waals surface area contributed by atoms with Crippen LogP contribution < -0.4 is 24.3 Å². The maximum Gasteiger partial charge on any atom is 0.252 e. The second-order valence-electron chi connectivity index (χ2n) is 8.07. The molecule has 0 saturated heterocycles. The fourth-order valence-corrected chi connectivity index (χ4v) is 3.90. The molecule has 0 aliphatic heterocycles. The van der Waals surface area contributed by atoms with E-state index in [0.29, 0.717) is 29.4 Å². The maximum atomic E-state index is 13.5. The van der Waals surface area contributed by atoms with Gasteiger partial charge in [-0.3, -0.25) is 4.79 Å². The Morgan fingerprint density at radius 1 is 0.722 bits per heavy atom. The topological polar surface area (TPSA) is 66.0 Å². The monoisotopic (exact) mass is 483 g/mol. The third-order valence-corrected chi connectivity index (χ3v) is 5.81. The third-order valence-electron chi connectivity index (χ3n) is 5.81. The molecule has 4 rings (SSSR count). The number of amides is 1. The smallest absolute Gasteiger partial charge is 0.252 e. The minimum absolute atomic E-state index is 0.272. The molecule has 4 aromatic rings. The summed E-state index contributed by atoms with van der Waals surface area (Å²) in [6.45, 7) is 0.340. The molecule has 0 spiro atoms. The molecule has 0 heterocycles. The van der Waals surface area contributed by atoms with Crippen molar-refractivity contribution in [3.63, 3.8) is 0 Å². The molecule has 1 unspecified atom stereocenters. The zero-order chi connectivity index (χ0) is 25.3. The van der Waals surface area contributed by atoms with Gasteiger partial charge in [-0.2, -0.15) is 0 Å². The van der Waals surface area contributed by atoms with Gasteiger partial charge in [-0.15, -0.1) is 0 Å². The minimum atomic E-state index is -0.365. The number of hydrogen-bond acceptors (Lipinski definition) is 5. The van der Waals surface area contributed by atoms with Crippen LogP contribution in [0.15, 0.2) is 97.1 Å². The summed E-state index contributed by atoms with van der Waals surface area (Å²) in [5, 5.41) is 3.15. The standard InChI is InChI=1S/C30H29NO5/c1-33-25-16-14-23(15-17-25)28(22-12-8-5-9-13-22)31-30(32)24-18-26(34-2)29(27(19-24)35-3)36-20-21-10-6-4-7-11-21/h4-19,28H,20H2,1-3H3,(H,31,32). The number of carbonyl (C=O) groups is 1. The Bertz CT molecular complexity index is 1250. The van der Waals surface area contributed by atoms with Gasteiger partial charge in [0.25, 0.3) is 5.91 Å². The molecule has 0 aromatic heterocycles. The maximum absolute atomic E-state index is 13.5. The van der Waals surface area contributed by atoms with E-state index in [-0.39, 0.29) is 11.9 Å². The predicted octanol–water partition coefficient (Wildman–Crippen LogP) is 5.81. The van der Waals surface area contributed by atoms with Crippen LogP contribution in [0.1, 0.15) is 33.1 Å². The van der Waals surface area contributed by atoms with Crippen molar-refractivity contribution in [1.82, 2.24) is 5.32 Å². The number of ether oxygens (including phenoxy) is 4. The van der Waals surface area contributed by atoms with Crippen LogP contribution in [-0.4, -0.2) is 27.2 Å². The SMILES string of the molecule is COc1ccc(C(NC(=O)c2cc(OC)c(OCc3ccccc3)c(OC)c2)c2ccccc2)cc1. The molecular weight excluding hydrogens is 454 g/mol. The average molecular weight is 484 g/mol. The Labute approximate surface area is 211 Å². The summed E-state index contributed by atoms with van der Waals surface area (Å²) in [5.74, 6) is 1.74. The molecule has 0 aliphatic carbocycles. The fourth-order valence-electron chi connectivity index (χ4n) is 3.90. The lowest BCUT2D eigenvalue weighted by atomic mass is 9.98. The van der Waals surface area contributed by atoms with Crippen molar-refractivity contribution in [2.45, 2.75) is 12.6 Å². The van der Waals surface area contributed by atoms with Gasteiger partial charge in [0.1, 0.15) is 12.4 Å². The normalized spacial score (nSPS) is 11.3. The van der Waals surface area contributed by atoms with Crippen LogP contribution >= 0.6 is 0 Å². The highest BCUT2D eigenvalue weighted by Crippen LogP contribution is 2.39. The van der Waals surface area contributed by atoms with Crippen molar-refractivity contribution in [1.29, 1.82) is 0 Å². The number of hydrogen-bond donors (Lipinski definition) is 1. The summed E-state index contributed by atoms with van der Waals surface area (Å²) in [7, 11) is 4.70. The summed E-state index contributed by atoms with van der Waals surface area (Å²) in [6, 6.07) is 30.2. The van der Waals surface area contributed by atoms with E-state index < -0.39 is 0 Å². The molecular formula is C30H29NO5. The van der Waals surface area contributed by atoms with Crippen molar-refractivity contribution < 1.29 is 23.7 Å². The highest BCUT2D eigenvalue weighted by Gasteiger charge is 2.22. The van der Waals surface area contributed by atoms with E-state index in [0.717, 1.165) is 22.4 Å². The number of carbonyl (C=O) groups excluding carboxylic acids is 1. The highest BCUT2D eigenvalue weighted by molar-refractivity contribution is 5.96. The Balaban J connectivity index is 1.62. The van der Waals surface area contributed by atoms with Crippen molar-refractivity contribution in [2.24, 2.45) is 0 Å². The van der Waals surface area contributed by atoms with E-state index >= 15 is 0 Å². The van der Waals surface area contributed by atoms with Gasteiger partial charge in [0.15, 0.2) is 11.5 Å². The quantitative estimate of drug-likeness (QED) is 0.308. The Hall–Kier alpha value is -4.45. The molecule has 0 bridgehead atoms. The first-order valence-electron chi connectivity index (χ1n) is 11.6. The van der Waals surface area contributed by atoms with Gasteiger partial charge in [-0.1, -0.05) is 72.8 Å².